The number of halogens is 2. The Morgan fingerprint density at radius 2 is 1.65 bits per heavy atom. The van der Waals surface area contributed by atoms with E-state index in [0.29, 0.717) is 30.8 Å². The summed E-state index contributed by atoms with van der Waals surface area (Å²) in [5.41, 5.74) is 0. The van der Waals surface area contributed by atoms with E-state index >= 15 is 0 Å². The summed E-state index contributed by atoms with van der Waals surface area (Å²) in [6.45, 7) is 2.94. The molecule has 3 rings (SSSR count). The minimum atomic E-state index is -0.999. The fraction of sp³-hybridized carbons (Fsp3) is 0.650. The number of carbonyl (C=O) groups is 1. The van der Waals surface area contributed by atoms with Crippen LogP contribution in [0.5, 0.6) is 11.5 Å². The zero-order valence-corrected chi connectivity index (χ0v) is 15.1. The Labute approximate surface area is 152 Å². The molecule has 4 unspecified atom stereocenters. The lowest BCUT2D eigenvalue weighted by Crippen LogP contribution is -2.35. The SMILES string of the molecule is CCOc1ccc(OCC2CCC3CC(OC=O)CCC3C2)c(F)c1F. The summed E-state index contributed by atoms with van der Waals surface area (Å²) >= 11 is 0. The quantitative estimate of drug-likeness (QED) is 0.665. The van der Waals surface area contributed by atoms with Gasteiger partial charge in [0.1, 0.15) is 6.10 Å². The summed E-state index contributed by atoms with van der Waals surface area (Å²) in [6, 6.07) is 2.83. The fourth-order valence-electron chi connectivity index (χ4n) is 4.40. The second kappa shape index (κ2) is 8.69. The van der Waals surface area contributed by atoms with E-state index in [-0.39, 0.29) is 24.2 Å². The Morgan fingerprint density at radius 1 is 1.00 bits per heavy atom. The van der Waals surface area contributed by atoms with Crippen LogP contribution in [0.2, 0.25) is 0 Å². The molecule has 0 heterocycles. The summed E-state index contributed by atoms with van der Waals surface area (Å²) in [5, 5.41) is 0. The molecule has 6 heteroatoms. The number of carbonyl (C=O) groups excluding carboxylic acids is 1. The van der Waals surface area contributed by atoms with Crippen molar-refractivity contribution in [2.45, 2.75) is 51.6 Å². The van der Waals surface area contributed by atoms with Crippen LogP contribution in [-0.4, -0.2) is 25.8 Å². The van der Waals surface area contributed by atoms with Crippen LogP contribution in [0.4, 0.5) is 8.78 Å². The molecule has 4 nitrogen and oxygen atoms in total. The van der Waals surface area contributed by atoms with Crippen LogP contribution in [0, 0.1) is 29.4 Å². The molecule has 144 valence electrons. The summed E-state index contributed by atoms with van der Waals surface area (Å²) in [4.78, 5) is 10.5. The number of fused-ring (bicyclic) bond motifs is 1. The number of rotatable bonds is 7. The maximum absolute atomic E-state index is 14.1. The zero-order valence-electron chi connectivity index (χ0n) is 15.1. The highest BCUT2D eigenvalue weighted by molar-refractivity contribution is 5.37. The van der Waals surface area contributed by atoms with Crippen LogP contribution in [0.25, 0.3) is 0 Å². The Hall–Kier alpha value is -1.85. The van der Waals surface area contributed by atoms with E-state index in [1.54, 1.807) is 6.92 Å². The average molecular weight is 368 g/mol. The second-order valence-electron chi connectivity index (χ2n) is 7.30. The lowest BCUT2D eigenvalue weighted by Gasteiger charge is -2.41. The van der Waals surface area contributed by atoms with Crippen molar-refractivity contribution < 1.29 is 27.8 Å². The topological polar surface area (TPSA) is 44.8 Å². The molecule has 26 heavy (non-hydrogen) atoms. The third kappa shape index (κ3) is 4.27. The van der Waals surface area contributed by atoms with Crippen molar-refractivity contribution >= 4 is 6.47 Å². The molecule has 1 aromatic carbocycles. The van der Waals surface area contributed by atoms with Crippen molar-refractivity contribution in [1.29, 1.82) is 0 Å². The van der Waals surface area contributed by atoms with Gasteiger partial charge in [-0.3, -0.25) is 4.79 Å². The lowest BCUT2D eigenvalue weighted by molar-refractivity contribution is -0.137. The largest absolute Gasteiger partial charge is 0.491 e. The summed E-state index contributed by atoms with van der Waals surface area (Å²) in [5.74, 6) is -0.606. The minimum absolute atomic E-state index is 0.0578. The molecule has 4 atom stereocenters. The maximum atomic E-state index is 14.1. The van der Waals surface area contributed by atoms with Gasteiger partial charge in [-0.15, -0.1) is 0 Å². The van der Waals surface area contributed by atoms with Crippen LogP contribution < -0.4 is 9.47 Å². The molecule has 0 spiro atoms. The highest BCUT2D eigenvalue weighted by Crippen LogP contribution is 2.43. The van der Waals surface area contributed by atoms with Crippen LogP contribution in [0.1, 0.15) is 45.4 Å². The van der Waals surface area contributed by atoms with Crippen molar-refractivity contribution in [2.75, 3.05) is 13.2 Å². The van der Waals surface area contributed by atoms with Crippen molar-refractivity contribution in [3.05, 3.63) is 23.8 Å². The van der Waals surface area contributed by atoms with Crippen LogP contribution in [-0.2, 0) is 9.53 Å². The second-order valence-corrected chi connectivity index (χ2v) is 7.30. The van der Waals surface area contributed by atoms with E-state index < -0.39 is 11.6 Å². The van der Waals surface area contributed by atoms with Gasteiger partial charge in [0.05, 0.1) is 13.2 Å². The van der Waals surface area contributed by atoms with Crippen molar-refractivity contribution in [1.82, 2.24) is 0 Å². The minimum Gasteiger partial charge on any atom is -0.491 e. The maximum Gasteiger partial charge on any atom is 0.293 e. The van der Waals surface area contributed by atoms with Crippen molar-refractivity contribution in [2.24, 2.45) is 17.8 Å². The van der Waals surface area contributed by atoms with Gasteiger partial charge in [0.15, 0.2) is 11.5 Å². The highest BCUT2D eigenvalue weighted by Gasteiger charge is 2.36. The molecular formula is C20H26F2O4. The number of hydrogen-bond acceptors (Lipinski definition) is 4. The molecule has 2 aliphatic rings. The monoisotopic (exact) mass is 368 g/mol. The fourth-order valence-corrected chi connectivity index (χ4v) is 4.40. The van der Waals surface area contributed by atoms with Gasteiger partial charge >= 0.3 is 0 Å². The van der Waals surface area contributed by atoms with Gasteiger partial charge < -0.3 is 14.2 Å². The van der Waals surface area contributed by atoms with Gasteiger partial charge in [-0.2, -0.15) is 8.78 Å². The van der Waals surface area contributed by atoms with Crippen LogP contribution in [0.15, 0.2) is 12.1 Å². The smallest absolute Gasteiger partial charge is 0.293 e. The molecule has 0 N–H and O–H groups in total. The predicted octanol–water partition coefficient (Wildman–Crippen LogP) is 4.50. The van der Waals surface area contributed by atoms with E-state index in [0.717, 1.165) is 38.5 Å². The normalized spacial score (nSPS) is 28.1. The van der Waals surface area contributed by atoms with Gasteiger partial charge in [0.25, 0.3) is 6.47 Å². The van der Waals surface area contributed by atoms with Gasteiger partial charge in [-0.05, 0) is 75.3 Å². The zero-order chi connectivity index (χ0) is 18.5. The predicted molar refractivity (Wildman–Crippen MR) is 92.1 cm³/mol. The molecule has 0 bridgehead atoms. The number of hydrogen-bond donors (Lipinski definition) is 0. The Balaban J connectivity index is 1.52. The average Bonchev–Trinajstić information content (AvgIpc) is 2.65. The summed E-state index contributed by atoms with van der Waals surface area (Å²) in [7, 11) is 0. The van der Waals surface area contributed by atoms with E-state index in [1.807, 2.05) is 0 Å². The Bertz CT molecular complexity index is 622. The molecule has 2 saturated carbocycles. The van der Waals surface area contributed by atoms with Gasteiger partial charge in [0.2, 0.25) is 11.6 Å². The van der Waals surface area contributed by atoms with Crippen molar-refractivity contribution in [3.8, 4) is 11.5 Å². The first-order valence-corrected chi connectivity index (χ1v) is 9.45. The molecule has 0 amide bonds. The summed E-state index contributed by atoms with van der Waals surface area (Å²) in [6.07, 6.45) is 6.04. The third-order valence-corrected chi connectivity index (χ3v) is 5.71. The van der Waals surface area contributed by atoms with E-state index in [1.165, 1.54) is 12.1 Å². The number of benzene rings is 1. The first-order valence-electron chi connectivity index (χ1n) is 9.45. The van der Waals surface area contributed by atoms with Gasteiger partial charge in [-0.25, -0.2) is 0 Å². The Kier molecular flexibility index (Phi) is 6.33. The van der Waals surface area contributed by atoms with Gasteiger partial charge in [0, 0.05) is 0 Å². The van der Waals surface area contributed by atoms with E-state index in [4.69, 9.17) is 14.2 Å². The first-order chi connectivity index (χ1) is 12.6. The first kappa shape index (κ1) is 18.9. The highest BCUT2D eigenvalue weighted by atomic mass is 19.2. The van der Waals surface area contributed by atoms with E-state index in [9.17, 15) is 13.6 Å². The Morgan fingerprint density at radius 3 is 2.35 bits per heavy atom. The molecular weight excluding hydrogens is 342 g/mol. The standard InChI is InChI=1S/C20H26F2O4/c1-2-24-17-7-8-18(20(22)19(17)21)25-11-13-3-4-15-10-16(26-12-23)6-5-14(15)9-13/h7-8,12-16H,2-6,9-11H2,1H3. The van der Waals surface area contributed by atoms with Gasteiger partial charge in [-0.1, -0.05) is 0 Å². The van der Waals surface area contributed by atoms with Crippen molar-refractivity contribution in [3.63, 3.8) is 0 Å². The molecule has 0 aliphatic heterocycles. The molecule has 1 aromatic rings. The van der Waals surface area contributed by atoms with E-state index in [2.05, 4.69) is 0 Å². The third-order valence-electron chi connectivity index (χ3n) is 5.71. The van der Waals surface area contributed by atoms with Crippen LogP contribution >= 0.6 is 0 Å². The summed E-state index contributed by atoms with van der Waals surface area (Å²) < 4.78 is 43.8. The molecule has 2 aliphatic carbocycles. The lowest BCUT2D eigenvalue weighted by atomic mass is 9.67. The molecule has 0 saturated heterocycles. The molecule has 2 fully saturated rings. The van der Waals surface area contributed by atoms with Crippen LogP contribution in [0.3, 0.4) is 0 Å². The molecule has 0 aromatic heterocycles. The molecule has 0 radical (unpaired) electrons. The number of ether oxygens (including phenoxy) is 3.